The summed E-state index contributed by atoms with van der Waals surface area (Å²) >= 11 is 4.51. The van der Waals surface area contributed by atoms with Gasteiger partial charge < -0.3 is 40.2 Å². The number of ether oxygens (including phenoxy) is 3. The number of aromatic nitrogens is 1. The van der Waals surface area contributed by atoms with Crippen molar-refractivity contribution in [3.63, 3.8) is 0 Å². The second-order valence-electron chi connectivity index (χ2n) is 18.6. The van der Waals surface area contributed by atoms with E-state index >= 15 is 0 Å². The van der Waals surface area contributed by atoms with Crippen LogP contribution in [0.15, 0.2) is 15.4 Å². The number of carbonyl (C=O) groups is 4. The number of thiazole rings is 1. The zero-order chi connectivity index (χ0) is 47.1. The molecule has 3 aliphatic heterocycles. The SMILES string of the molecule is CCCC(C)C(O)C(C)C1OC(=O)C(C(C)O)NC(=O)C(C(C)CC)OC(=O)C(C)C(O)C(C(C)CC)NC(=O)C2(C)CSC(=N2)C2(C)CSC(=N2)c2csc(n2)CC(OC)C1C. The maximum Gasteiger partial charge on any atom is 0.331 e. The normalized spacial score (nSPS) is 34.6. The van der Waals surface area contributed by atoms with Crippen LogP contribution in [0, 0.1) is 35.5 Å². The molecule has 16 unspecified atom stereocenters. The van der Waals surface area contributed by atoms with Crippen LogP contribution in [0.25, 0.3) is 0 Å². The Balaban J connectivity index is 1.81. The van der Waals surface area contributed by atoms with Gasteiger partial charge in [-0.25, -0.2) is 9.78 Å². The van der Waals surface area contributed by atoms with E-state index in [0.29, 0.717) is 36.5 Å². The van der Waals surface area contributed by atoms with Gasteiger partial charge >= 0.3 is 11.9 Å². The number of nitrogens with one attached hydrogen (secondary N) is 2. The van der Waals surface area contributed by atoms with Gasteiger partial charge in [-0.2, -0.15) is 0 Å². The molecule has 18 heteroatoms. The number of rotatable bonds is 11. The van der Waals surface area contributed by atoms with E-state index in [1.54, 1.807) is 32.7 Å². The molecular formula is C45H73N5O10S3. The maximum atomic E-state index is 14.2. The van der Waals surface area contributed by atoms with Crippen molar-refractivity contribution >= 4 is 68.7 Å². The molecule has 15 nitrogen and oxygen atoms in total. The summed E-state index contributed by atoms with van der Waals surface area (Å²) in [6.07, 6.45) is -3.62. The number of cyclic esters (lactones) is 2. The van der Waals surface area contributed by atoms with Gasteiger partial charge in [0.15, 0.2) is 12.1 Å². The zero-order valence-electron chi connectivity index (χ0n) is 39.4. The Morgan fingerprint density at radius 1 is 0.905 bits per heavy atom. The van der Waals surface area contributed by atoms with Gasteiger partial charge in [-0.3, -0.25) is 24.4 Å². The molecule has 16 atom stereocenters. The molecule has 63 heavy (non-hydrogen) atoms. The summed E-state index contributed by atoms with van der Waals surface area (Å²) in [7, 11) is 1.57. The largest absolute Gasteiger partial charge is 0.460 e. The van der Waals surface area contributed by atoms with Crippen molar-refractivity contribution in [1.29, 1.82) is 0 Å². The van der Waals surface area contributed by atoms with Gasteiger partial charge in [0.1, 0.15) is 27.9 Å². The standard InChI is InChI=1S/C45H73N5O10S3/c1-14-17-24(6)34(52)26(8)37-25(7)30(58-13)18-31-46-29(19-61-31)39-49-45(12,21-62-39)43-50-44(11,20-63-43)42(57)48-32(22(4)15-2)35(53)27(9)40(55)59-36(23(5)16-3)38(54)47-33(28(10)51)41(56)60-37/h19,22-28,30,32-37,51-53H,14-18,20-21H2,1-13H3,(H,47,54)(H,48,57). The quantitative estimate of drug-likeness (QED) is 0.181. The fraction of sp³-hybridized carbons (Fsp3) is 0.800. The van der Waals surface area contributed by atoms with E-state index < -0.39 is 107 Å². The molecule has 356 valence electrons. The Hall–Kier alpha value is -2.61. The highest BCUT2D eigenvalue weighted by molar-refractivity contribution is 8.16. The van der Waals surface area contributed by atoms with E-state index in [1.165, 1.54) is 36.9 Å². The van der Waals surface area contributed by atoms with Gasteiger partial charge in [0.2, 0.25) is 5.91 Å². The van der Waals surface area contributed by atoms with Crippen molar-refractivity contribution in [2.45, 2.75) is 175 Å². The Kier molecular flexibility index (Phi) is 19.1. The molecule has 0 aromatic carbocycles. The number of carbonyl (C=O) groups excluding carboxylic acids is 4. The van der Waals surface area contributed by atoms with Crippen LogP contribution < -0.4 is 10.6 Å². The van der Waals surface area contributed by atoms with Crippen molar-refractivity contribution < 1.29 is 48.7 Å². The summed E-state index contributed by atoms with van der Waals surface area (Å²) in [5.41, 5.74) is -1.17. The second kappa shape index (κ2) is 22.7. The van der Waals surface area contributed by atoms with Gasteiger partial charge in [0.25, 0.3) is 5.91 Å². The Labute approximate surface area is 386 Å². The van der Waals surface area contributed by atoms with E-state index in [1.807, 2.05) is 60.8 Å². The van der Waals surface area contributed by atoms with Crippen molar-refractivity contribution in [3.8, 4) is 0 Å². The monoisotopic (exact) mass is 939 g/mol. The third-order valence-corrected chi connectivity index (χ3v) is 17.0. The average Bonchev–Trinajstić information content (AvgIpc) is 4.01. The lowest BCUT2D eigenvalue weighted by molar-refractivity contribution is -0.172. The first-order chi connectivity index (χ1) is 29.6. The van der Waals surface area contributed by atoms with Crippen LogP contribution in [0.4, 0.5) is 0 Å². The molecule has 2 amide bonds. The van der Waals surface area contributed by atoms with E-state index in [2.05, 4.69) is 10.6 Å². The number of fused-ring (bicyclic) bond motifs is 6. The number of esters is 2. The Bertz CT molecular complexity index is 1810. The third kappa shape index (κ3) is 12.4. The topological polar surface area (TPSA) is 218 Å². The predicted octanol–water partition coefficient (Wildman–Crippen LogP) is 5.20. The van der Waals surface area contributed by atoms with Gasteiger partial charge in [-0.05, 0) is 52.4 Å². The number of nitrogens with zero attached hydrogens (tertiary/aromatic N) is 3. The fourth-order valence-electron chi connectivity index (χ4n) is 8.30. The van der Waals surface area contributed by atoms with E-state index in [0.717, 1.165) is 27.9 Å². The lowest BCUT2D eigenvalue weighted by Gasteiger charge is -2.38. The number of methoxy groups -OCH3 is 1. The summed E-state index contributed by atoms with van der Waals surface area (Å²) in [5, 5.41) is 44.2. The van der Waals surface area contributed by atoms with Crippen LogP contribution in [0.3, 0.4) is 0 Å². The summed E-state index contributed by atoms with van der Waals surface area (Å²) in [4.78, 5) is 71.4. The number of thioether (sulfide) groups is 2. The number of aliphatic imine (C=N–C) groups is 2. The van der Waals surface area contributed by atoms with E-state index in [9.17, 15) is 34.5 Å². The number of hydrogen-bond donors (Lipinski definition) is 5. The minimum atomic E-state index is -1.57. The molecule has 6 bridgehead atoms. The first kappa shape index (κ1) is 53.0. The minimum absolute atomic E-state index is 0.122. The molecule has 0 radical (unpaired) electrons. The number of hydrogen-bond acceptors (Lipinski definition) is 16. The molecule has 0 fully saturated rings. The molecule has 0 saturated carbocycles. The molecular weight excluding hydrogens is 867 g/mol. The van der Waals surface area contributed by atoms with Crippen LogP contribution in [-0.2, 0) is 39.8 Å². The number of aliphatic hydroxyl groups excluding tert-OH is 3. The third-order valence-electron chi connectivity index (χ3n) is 13.3. The van der Waals surface area contributed by atoms with Crippen molar-refractivity contribution in [1.82, 2.24) is 15.6 Å². The lowest BCUT2D eigenvalue weighted by atomic mass is 9.80. The molecule has 3 aliphatic rings. The summed E-state index contributed by atoms with van der Waals surface area (Å²) in [6.45, 7) is 21.6. The zero-order valence-corrected chi connectivity index (χ0v) is 41.8. The second-order valence-corrected chi connectivity index (χ2v) is 21.4. The van der Waals surface area contributed by atoms with Crippen molar-refractivity contribution in [2.75, 3.05) is 18.6 Å². The average molecular weight is 940 g/mol. The molecule has 0 aliphatic carbocycles. The molecule has 4 heterocycles. The molecule has 1 aromatic heterocycles. The lowest BCUT2D eigenvalue weighted by Crippen LogP contribution is -2.57. The van der Waals surface area contributed by atoms with Gasteiger partial charge in [0.05, 0.1) is 46.4 Å². The summed E-state index contributed by atoms with van der Waals surface area (Å²) in [6, 6.07) is -2.44. The van der Waals surface area contributed by atoms with Crippen LogP contribution >= 0.6 is 34.9 Å². The van der Waals surface area contributed by atoms with E-state index in [-0.39, 0.29) is 11.8 Å². The molecule has 0 saturated heterocycles. The predicted molar refractivity (Wildman–Crippen MR) is 250 cm³/mol. The highest BCUT2D eigenvalue weighted by Gasteiger charge is 2.48. The van der Waals surface area contributed by atoms with Crippen molar-refractivity contribution in [3.05, 3.63) is 16.1 Å². The highest BCUT2D eigenvalue weighted by Crippen LogP contribution is 2.41. The van der Waals surface area contributed by atoms with Crippen LogP contribution in [-0.4, -0.2) is 133 Å². The molecule has 5 N–H and O–H groups in total. The fourth-order valence-corrected chi connectivity index (χ4v) is 11.7. The van der Waals surface area contributed by atoms with E-state index in [4.69, 9.17) is 29.2 Å². The van der Waals surface area contributed by atoms with Crippen LogP contribution in [0.1, 0.15) is 119 Å². The van der Waals surface area contributed by atoms with Gasteiger partial charge in [-0.1, -0.05) is 68.2 Å². The molecule has 1 aromatic rings. The smallest absolute Gasteiger partial charge is 0.331 e. The highest BCUT2D eigenvalue weighted by atomic mass is 32.2. The number of amides is 2. The first-order valence-corrected chi connectivity index (χ1v) is 25.4. The van der Waals surface area contributed by atoms with Crippen LogP contribution in [0.5, 0.6) is 0 Å². The molecule has 4 rings (SSSR count). The van der Waals surface area contributed by atoms with Gasteiger partial charge in [-0.15, -0.1) is 34.9 Å². The minimum Gasteiger partial charge on any atom is -0.460 e. The summed E-state index contributed by atoms with van der Waals surface area (Å²) in [5.74, 6) is -5.26. The van der Waals surface area contributed by atoms with Gasteiger partial charge in [0, 0.05) is 48.2 Å². The first-order valence-electron chi connectivity index (χ1n) is 22.6. The molecule has 0 spiro atoms. The van der Waals surface area contributed by atoms with Crippen molar-refractivity contribution in [2.24, 2.45) is 45.5 Å². The maximum absolute atomic E-state index is 14.2. The summed E-state index contributed by atoms with van der Waals surface area (Å²) < 4.78 is 18.2. The Morgan fingerprint density at radius 2 is 1.56 bits per heavy atom. The van der Waals surface area contributed by atoms with Crippen LogP contribution in [0.2, 0.25) is 0 Å². The Morgan fingerprint density at radius 3 is 2.16 bits per heavy atom. The number of aliphatic hydroxyl groups is 3.